The fraction of sp³-hybridized carbons (Fsp3) is 0. The summed E-state index contributed by atoms with van der Waals surface area (Å²) in [6.45, 7) is 0. The Morgan fingerprint density at radius 1 is 0.556 bits per heavy atom. The van der Waals surface area contributed by atoms with E-state index in [1.54, 1.807) is 0 Å². The summed E-state index contributed by atoms with van der Waals surface area (Å²) in [6.07, 6.45) is 1.93. The van der Waals surface area contributed by atoms with Crippen LogP contribution in [0.1, 0.15) is 0 Å². The third kappa shape index (κ3) is 2.64. The molecule has 0 saturated heterocycles. The molecule has 4 heteroatoms. The molecule has 0 saturated carbocycles. The molecule has 8 rings (SSSR count). The normalized spacial score (nSPS) is 11.9. The summed E-state index contributed by atoms with van der Waals surface area (Å²) < 4.78 is 8.79. The van der Waals surface area contributed by atoms with Gasteiger partial charge in [-0.2, -0.15) is 0 Å². The van der Waals surface area contributed by atoms with Crippen LogP contribution in [0, 0.1) is 0 Å². The van der Waals surface area contributed by atoms with Gasteiger partial charge >= 0.3 is 0 Å². The molecule has 0 N–H and O–H groups in total. The highest BCUT2D eigenvalue weighted by Gasteiger charge is 2.21. The van der Waals surface area contributed by atoms with E-state index in [2.05, 4.69) is 83.4 Å². The quantitative estimate of drug-likeness (QED) is 0.260. The molecule has 0 unspecified atom stereocenters. The molecule has 3 aromatic heterocycles. The molecule has 0 aliphatic heterocycles. The maximum Gasteiger partial charge on any atom is 0.165 e. The Hall–Kier alpha value is -4.96. The van der Waals surface area contributed by atoms with E-state index in [0.29, 0.717) is 0 Å². The van der Waals surface area contributed by atoms with Crippen molar-refractivity contribution in [3.8, 4) is 17.1 Å². The molecular formula is C32H19N3O. The van der Waals surface area contributed by atoms with Crippen LogP contribution in [0.5, 0.6) is 0 Å². The van der Waals surface area contributed by atoms with Crippen molar-refractivity contribution in [2.24, 2.45) is 0 Å². The molecule has 0 bridgehead atoms. The van der Waals surface area contributed by atoms with Gasteiger partial charge in [0, 0.05) is 38.8 Å². The lowest BCUT2D eigenvalue weighted by molar-refractivity contribution is 0.673. The van der Waals surface area contributed by atoms with Crippen molar-refractivity contribution in [2.75, 3.05) is 0 Å². The van der Waals surface area contributed by atoms with E-state index in [0.717, 1.165) is 71.7 Å². The van der Waals surface area contributed by atoms with Gasteiger partial charge in [-0.3, -0.25) is 4.57 Å². The fourth-order valence-electron chi connectivity index (χ4n) is 5.37. The van der Waals surface area contributed by atoms with E-state index in [-0.39, 0.29) is 0 Å². The molecule has 36 heavy (non-hydrogen) atoms. The number of para-hydroxylation sites is 2. The number of nitrogens with zero attached hydrogens (tertiary/aromatic N) is 3. The highest BCUT2D eigenvalue weighted by atomic mass is 16.3. The number of aromatic nitrogens is 3. The molecular weight excluding hydrogens is 442 g/mol. The van der Waals surface area contributed by atoms with Crippen LogP contribution in [0.3, 0.4) is 0 Å². The molecule has 3 heterocycles. The topological polar surface area (TPSA) is 43.9 Å². The van der Waals surface area contributed by atoms with Crippen molar-refractivity contribution in [3.05, 3.63) is 115 Å². The zero-order valence-corrected chi connectivity index (χ0v) is 19.2. The zero-order valence-electron chi connectivity index (χ0n) is 19.2. The standard InChI is InChI=1S/C32H19N3O/c1-2-11-22(12-3-1)35-31(34-28-23-13-6-5-10-21(23)19-33-32(28)35)27-16-8-15-25-26-18-17-20-9-4-7-14-24(20)29(26)36-30(25)27/h1-19H. The average Bonchev–Trinajstić information content (AvgIpc) is 3.53. The Morgan fingerprint density at radius 2 is 1.28 bits per heavy atom. The number of pyridine rings is 1. The Kier molecular flexibility index (Phi) is 3.91. The zero-order chi connectivity index (χ0) is 23.6. The van der Waals surface area contributed by atoms with Gasteiger partial charge in [0.2, 0.25) is 0 Å². The summed E-state index contributed by atoms with van der Waals surface area (Å²) >= 11 is 0. The molecule has 0 aliphatic carbocycles. The van der Waals surface area contributed by atoms with Crippen LogP contribution in [0.2, 0.25) is 0 Å². The largest absolute Gasteiger partial charge is 0.455 e. The van der Waals surface area contributed by atoms with Gasteiger partial charge in [-0.1, -0.05) is 84.9 Å². The Balaban J connectivity index is 1.52. The van der Waals surface area contributed by atoms with Gasteiger partial charge < -0.3 is 4.42 Å². The summed E-state index contributed by atoms with van der Waals surface area (Å²) in [6, 6.07) is 37.5. The first-order valence-electron chi connectivity index (χ1n) is 12.0. The predicted octanol–water partition coefficient (Wildman–Crippen LogP) is 8.29. The first kappa shape index (κ1) is 19.4. The highest BCUT2D eigenvalue weighted by molar-refractivity contribution is 6.17. The smallest absolute Gasteiger partial charge is 0.165 e. The van der Waals surface area contributed by atoms with Crippen molar-refractivity contribution in [3.63, 3.8) is 0 Å². The molecule has 0 radical (unpaired) electrons. The monoisotopic (exact) mass is 461 g/mol. The number of hydrogen-bond donors (Lipinski definition) is 0. The molecule has 0 aliphatic rings. The van der Waals surface area contributed by atoms with Crippen LogP contribution in [0.15, 0.2) is 120 Å². The lowest BCUT2D eigenvalue weighted by Gasteiger charge is -2.09. The summed E-state index contributed by atoms with van der Waals surface area (Å²) in [5.74, 6) is 0.814. The van der Waals surface area contributed by atoms with Crippen LogP contribution in [-0.4, -0.2) is 14.5 Å². The van der Waals surface area contributed by atoms with Gasteiger partial charge in [-0.05, 0) is 29.7 Å². The third-order valence-electron chi connectivity index (χ3n) is 7.04. The number of benzene rings is 5. The van der Waals surface area contributed by atoms with Crippen LogP contribution < -0.4 is 0 Å². The predicted molar refractivity (Wildman–Crippen MR) is 147 cm³/mol. The van der Waals surface area contributed by atoms with Gasteiger partial charge in [0.15, 0.2) is 11.5 Å². The first-order chi connectivity index (χ1) is 17.9. The molecule has 0 fully saturated rings. The van der Waals surface area contributed by atoms with Crippen LogP contribution >= 0.6 is 0 Å². The van der Waals surface area contributed by atoms with Gasteiger partial charge in [-0.25, -0.2) is 9.97 Å². The van der Waals surface area contributed by atoms with E-state index in [4.69, 9.17) is 14.4 Å². The SMILES string of the molecule is c1ccc(-n2c(-c3cccc4c3oc3c5ccccc5ccc43)nc3c4ccccc4cnc32)cc1. The maximum absolute atomic E-state index is 6.65. The molecule has 0 atom stereocenters. The molecule has 8 aromatic rings. The van der Waals surface area contributed by atoms with E-state index in [1.807, 2.05) is 36.5 Å². The summed E-state index contributed by atoms with van der Waals surface area (Å²) in [7, 11) is 0. The minimum atomic E-state index is 0.814. The Bertz CT molecular complexity index is 2100. The van der Waals surface area contributed by atoms with Crippen LogP contribution in [0.4, 0.5) is 0 Å². The second kappa shape index (κ2) is 7.27. The van der Waals surface area contributed by atoms with Crippen molar-refractivity contribution in [2.45, 2.75) is 0 Å². The molecule has 5 aromatic carbocycles. The lowest BCUT2D eigenvalue weighted by atomic mass is 10.0. The molecule has 0 spiro atoms. The minimum absolute atomic E-state index is 0.814. The van der Waals surface area contributed by atoms with E-state index in [9.17, 15) is 0 Å². The first-order valence-corrected chi connectivity index (χ1v) is 12.0. The molecule has 168 valence electrons. The second-order valence-electron chi connectivity index (χ2n) is 9.07. The van der Waals surface area contributed by atoms with Crippen molar-refractivity contribution in [1.29, 1.82) is 0 Å². The van der Waals surface area contributed by atoms with Gasteiger partial charge in [-0.15, -0.1) is 0 Å². The summed E-state index contributed by atoms with van der Waals surface area (Å²) in [5, 5.41) is 6.62. The van der Waals surface area contributed by atoms with Crippen molar-refractivity contribution < 1.29 is 4.42 Å². The van der Waals surface area contributed by atoms with Crippen molar-refractivity contribution in [1.82, 2.24) is 14.5 Å². The number of furan rings is 1. The third-order valence-corrected chi connectivity index (χ3v) is 7.04. The molecule has 0 amide bonds. The highest BCUT2D eigenvalue weighted by Crippen LogP contribution is 2.40. The Labute approximate surface area is 206 Å². The van der Waals surface area contributed by atoms with E-state index in [1.165, 1.54) is 0 Å². The minimum Gasteiger partial charge on any atom is -0.455 e. The van der Waals surface area contributed by atoms with Crippen LogP contribution in [0.25, 0.3) is 71.7 Å². The molecule has 4 nitrogen and oxygen atoms in total. The summed E-state index contributed by atoms with van der Waals surface area (Å²) in [4.78, 5) is 10.1. The fourth-order valence-corrected chi connectivity index (χ4v) is 5.37. The van der Waals surface area contributed by atoms with Gasteiger partial charge in [0.05, 0.1) is 5.56 Å². The lowest BCUT2D eigenvalue weighted by Crippen LogP contribution is -1.98. The average molecular weight is 462 g/mol. The number of hydrogen-bond acceptors (Lipinski definition) is 3. The number of fused-ring (bicyclic) bond motifs is 8. The number of rotatable bonds is 2. The number of imidazole rings is 1. The summed E-state index contributed by atoms with van der Waals surface area (Å²) in [5.41, 5.74) is 5.40. The van der Waals surface area contributed by atoms with Gasteiger partial charge in [0.1, 0.15) is 16.7 Å². The van der Waals surface area contributed by atoms with Crippen molar-refractivity contribution >= 4 is 54.6 Å². The van der Waals surface area contributed by atoms with E-state index >= 15 is 0 Å². The second-order valence-corrected chi connectivity index (χ2v) is 9.07. The van der Waals surface area contributed by atoms with Crippen LogP contribution in [-0.2, 0) is 0 Å². The Morgan fingerprint density at radius 3 is 2.17 bits per heavy atom. The maximum atomic E-state index is 6.65. The van der Waals surface area contributed by atoms with Gasteiger partial charge in [0.25, 0.3) is 0 Å². The van der Waals surface area contributed by atoms with E-state index < -0.39 is 0 Å².